The first-order chi connectivity index (χ1) is 7.66. The molecule has 2 nitrogen and oxygen atoms in total. The van der Waals surface area contributed by atoms with Crippen molar-refractivity contribution in [3.63, 3.8) is 0 Å². The Labute approximate surface area is 107 Å². The Morgan fingerprint density at radius 3 is 2.75 bits per heavy atom. The Hall–Kier alpha value is -0.280. The molecular weight excluding hydrogens is 243 g/mol. The fourth-order valence-corrected chi connectivity index (χ4v) is 2.02. The molecule has 1 aromatic rings. The molecule has 1 atom stereocenters. The van der Waals surface area contributed by atoms with Gasteiger partial charge in [-0.15, -0.1) is 0 Å². The maximum atomic E-state index is 6.14. The van der Waals surface area contributed by atoms with Crippen LogP contribution in [0.15, 0.2) is 18.2 Å². The number of nitrogens with one attached hydrogen (secondary N) is 1. The first-order valence-electron chi connectivity index (χ1n) is 5.54. The normalized spacial score (nSPS) is 12.8. The van der Waals surface area contributed by atoms with Gasteiger partial charge in [0.15, 0.2) is 0 Å². The van der Waals surface area contributed by atoms with Gasteiger partial charge in [0, 0.05) is 6.04 Å². The quantitative estimate of drug-likeness (QED) is 0.770. The average Bonchev–Trinajstić information content (AvgIpc) is 2.28. The Morgan fingerprint density at radius 2 is 2.06 bits per heavy atom. The molecule has 0 aliphatic rings. The van der Waals surface area contributed by atoms with Crippen molar-refractivity contribution < 1.29 is 0 Å². The minimum atomic E-state index is 0.212. The first kappa shape index (κ1) is 13.8. The number of benzene rings is 1. The van der Waals surface area contributed by atoms with Crippen molar-refractivity contribution in [1.29, 1.82) is 0 Å². The molecule has 0 aromatic heterocycles. The molecule has 16 heavy (non-hydrogen) atoms. The van der Waals surface area contributed by atoms with Gasteiger partial charge in [-0.25, -0.2) is 0 Å². The first-order valence-corrected chi connectivity index (χ1v) is 6.29. The van der Waals surface area contributed by atoms with E-state index >= 15 is 0 Å². The molecule has 90 valence electrons. The van der Waals surface area contributed by atoms with E-state index < -0.39 is 0 Å². The van der Waals surface area contributed by atoms with E-state index in [4.69, 9.17) is 28.9 Å². The highest BCUT2D eigenvalue weighted by molar-refractivity contribution is 6.42. The zero-order chi connectivity index (χ0) is 12.0. The highest BCUT2D eigenvalue weighted by atomic mass is 35.5. The number of nitrogens with two attached hydrogens (primary N) is 1. The summed E-state index contributed by atoms with van der Waals surface area (Å²) in [5.74, 6) is 0. The van der Waals surface area contributed by atoms with Crippen LogP contribution in [0.1, 0.15) is 31.4 Å². The smallest absolute Gasteiger partial charge is 0.0639 e. The van der Waals surface area contributed by atoms with Crippen LogP contribution in [-0.2, 0) is 0 Å². The molecule has 0 fully saturated rings. The lowest BCUT2D eigenvalue weighted by Gasteiger charge is -2.16. The standard InChI is InChI=1S/C12H18Cl2N2/c1-9(16-8-3-2-7-15)10-5-4-6-11(13)12(10)14/h4-6,9,16H,2-3,7-8,15H2,1H3. The lowest BCUT2D eigenvalue weighted by Crippen LogP contribution is -2.20. The maximum Gasteiger partial charge on any atom is 0.0639 e. The van der Waals surface area contributed by atoms with Crippen LogP contribution in [-0.4, -0.2) is 13.1 Å². The summed E-state index contributed by atoms with van der Waals surface area (Å²) in [4.78, 5) is 0. The fraction of sp³-hybridized carbons (Fsp3) is 0.500. The average molecular weight is 261 g/mol. The summed E-state index contributed by atoms with van der Waals surface area (Å²) in [5, 5.41) is 4.65. The van der Waals surface area contributed by atoms with Crippen molar-refractivity contribution in [2.75, 3.05) is 13.1 Å². The molecule has 4 heteroatoms. The molecule has 0 aliphatic heterocycles. The van der Waals surface area contributed by atoms with Crippen LogP contribution >= 0.6 is 23.2 Å². The largest absolute Gasteiger partial charge is 0.330 e. The Balaban J connectivity index is 2.52. The van der Waals surface area contributed by atoms with Gasteiger partial charge in [0.05, 0.1) is 10.0 Å². The molecular formula is C12H18Cl2N2. The summed E-state index contributed by atoms with van der Waals surface area (Å²) in [7, 11) is 0. The second-order valence-corrected chi connectivity index (χ2v) is 4.60. The zero-order valence-corrected chi connectivity index (χ0v) is 11.0. The summed E-state index contributed by atoms with van der Waals surface area (Å²) in [6.45, 7) is 3.77. The third kappa shape index (κ3) is 3.95. The van der Waals surface area contributed by atoms with Crippen molar-refractivity contribution in [3.8, 4) is 0 Å². The summed E-state index contributed by atoms with van der Waals surface area (Å²) >= 11 is 12.1. The second-order valence-electron chi connectivity index (χ2n) is 3.81. The summed E-state index contributed by atoms with van der Waals surface area (Å²) in [6, 6.07) is 5.93. The number of hydrogen-bond acceptors (Lipinski definition) is 2. The molecule has 0 aliphatic carbocycles. The molecule has 0 saturated carbocycles. The molecule has 1 unspecified atom stereocenters. The third-order valence-corrected chi connectivity index (χ3v) is 3.36. The van der Waals surface area contributed by atoms with Crippen LogP contribution in [0, 0.1) is 0 Å². The van der Waals surface area contributed by atoms with Gasteiger partial charge >= 0.3 is 0 Å². The Kier molecular flexibility index (Phi) is 6.14. The summed E-state index contributed by atoms with van der Waals surface area (Å²) in [6.07, 6.45) is 2.13. The SMILES string of the molecule is CC(NCCCCN)c1cccc(Cl)c1Cl. The molecule has 0 radical (unpaired) electrons. The van der Waals surface area contributed by atoms with Crippen molar-refractivity contribution >= 4 is 23.2 Å². The predicted octanol–water partition coefficient (Wildman–Crippen LogP) is 3.38. The lowest BCUT2D eigenvalue weighted by atomic mass is 10.1. The summed E-state index contributed by atoms with van der Waals surface area (Å²) in [5.41, 5.74) is 6.48. The molecule has 0 spiro atoms. The van der Waals surface area contributed by atoms with Crippen LogP contribution < -0.4 is 11.1 Å². The molecule has 0 amide bonds. The van der Waals surface area contributed by atoms with Crippen molar-refractivity contribution in [2.24, 2.45) is 5.73 Å². The molecule has 0 heterocycles. The topological polar surface area (TPSA) is 38.0 Å². The van der Waals surface area contributed by atoms with E-state index in [1.807, 2.05) is 12.1 Å². The van der Waals surface area contributed by atoms with Gasteiger partial charge in [-0.3, -0.25) is 0 Å². The van der Waals surface area contributed by atoms with Gasteiger partial charge < -0.3 is 11.1 Å². The lowest BCUT2D eigenvalue weighted by molar-refractivity contribution is 0.549. The van der Waals surface area contributed by atoms with Gasteiger partial charge in [-0.1, -0.05) is 35.3 Å². The highest BCUT2D eigenvalue weighted by Crippen LogP contribution is 2.29. The monoisotopic (exact) mass is 260 g/mol. The minimum absolute atomic E-state index is 0.212. The van der Waals surface area contributed by atoms with E-state index in [-0.39, 0.29) is 6.04 Å². The van der Waals surface area contributed by atoms with E-state index in [1.165, 1.54) is 0 Å². The third-order valence-electron chi connectivity index (χ3n) is 2.53. The Bertz CT molecular complexity index is 329. The number of halogens is 2. The van der Waals surface area contributed by atoms with Gasteiger partial charge in [0.2, 0.25) is 0 Å². The second kappa shape index (κ2) is 7.13. The van der Waals surface area contributed by atoms with Gasteiger partial charge in [0.25, 0.3) is 0 Å². The van der Waals surface area contributed by atoms with Gasteiger partial charge in [-0.2, -0.15) is 0 Å². The van der Waals surface area contributed by atoms with E-state index in [2.05, 4.69) is 12.2 Å². The number of hydrogen-bond donors (Lipinski definition) is 2. The van der Waals surface area contributed by atoms with Crippen LogP contribution in [0.5, 0.6) is 0 Å². The highest BCUT2D eigenvalue weighted by Gasteiger charge is 2.10. The van der Waals surface area contributed by atoms with E-state index in [0.717, 1.165) is 31.5 Å². The molecule has 0 bridgehead atoms. The van der Waals surface area contributed by atoms with E-state index in [0.29, 0.717) is 10.0 Å². The predicted molar refractivity (Wildman–Crippen MR) is 71.2 cm³/mol. The van der Waals surface area contributed by atoms with Crippen molar-refractivity contribution in [2.45, 2.75) is 25.8 Å². The van der Waals surface area contributed by atoms with Gasteiger partial charge in [0.1, 0.15) is 0 Å². The Morgan fingerprint density at radius 1 is 1.31 bits per heavy atom. The van der Waals surface area contributed by atoms with Crippen LogP contribution in [0.2, 0.25) is 10.0 Å². The molecule has 0 saturated heterocycles. The molecule has 1 aromatic carbocycles. The fourth-order valence-electron chi connectivity index (χ4n) is 1.55. The van der Waals surface area contributed by atoms with Crippen LogP contribution in [0.4, 0.5) is 0 Å². The van der Waals surface area contributed by atoms with Crippen molar-refractivity contribution in [3.05, 3.63) is 33.8 Å². The molecule has 3 N–H and O–H groups in total. The van der Waals surface area contributed by atoms with Crippen LogP contribution in [0.3, 0.4) is 0 Å². The molecule has 1 rings (SSSR count). The minimum Gasteiger partial charge on any atom is -0.330 e. The number of unbranched alkanes of at least 4 members (excludes halogenated alkanes) is 1. The van der Waals surface area contributed by atoms with E-state index in [9.17, 15) is 0 Å². The van der Waals surface area contributed by atoms with Crippen molar-refractivity contribution in [1.82, 2.24) is 5.32 Å². The summed E-state index contributed by atoms with van der Waals surface area (Å²) < 4.78 is 0. The van der Waals surface area contributed by atoms with E-state index in [1.54, 1.807) is 6.07 Å². The maximum absolute atomic E-state index is 6.14. The number of rotatable bonds is 6. The zero-order valence-electron chi connectivity index (χ0n) is 9.47. The van der Waals surface area contributed by atoms with Gasteiger partial charge in [-0.05, 0) is 44.5 Å². The van der Waals surface area contributed by atoms with Crippen LogP contribution in [0.25, 0.3) is 0 Å².